The van der Waals surface area contributed by atoms with E-state index < -0.39 is 11.7 Å². The molecular weight excluding hydrogens is 433 g/mol. The number of carbonyl (C=O) groups is 1. The monoisotopic (exact) mass is 450 g/mol. The molecule has 162 valence electrons. The summed E-state index contributed by atoms with van der Waals surface area (Å²) in [6, 6.07) is 10.1. The predicted molar refractivity (Wildman–Crippen MR) is 110 cm³/mol. The van der Waals surface area contributed by atoms with Gasteiger partial charge in [-0.2, -0.15) is 13.2 Å². The van der Waals surface area contributed by atoms with Crippen molar-refractivity contribution in [3.8, 4) is 11.5 Å². The lowest BCUT2D eigenvalue weighted by Crippen LogP contribution is -2.38. The molecule has 1 aliphatic rings. The van der Waals surface area contributed by atoms with Crippen molar-refractivity contribution in [2.75, 3.05) is 23.3 Å². The molecule has 3 aromatic rings. The van der Waals surface area contributed by atoms with Crippen LogP contribution in [-0.2, 0) is 11.0 Å². The Morgan fingerprint density at radius 2 is 1.90 bits per heavy atom. The van der Waals surface area contributed by atoms with Gasteiger partial charge in [0, 0.05) is 19.0 Å². The molecule has 0 unspecified atom stereocenters. The van der Waals surface area contributed by atoms with Crippen molar-refractivity contribution in [2.45, 2.75) is 19.0 Å². The van der Waals surface area contributed by atoms with Gasteiger partial charge in [-0.05, 0) is 55.3 Å². The van der Waals surface area contributed by atoms with Gasteiger partial charge in [-0.15, -0.1) is 10.2 Å². The number of rotatable bonds is 4. The van der Waals surface area contributed by atoms with Crippen molar-refractivity contribution in [1.29, 1.82) is 0 Å². The van der Waals surface area contributed by atoms with E-state index in [1.807, 2.05) is 17.0 Å². The molecule has 1 amide bonds. The van der Waals surface area contributed by atoms with E-state index in [-0.39, 0.29) is 22.5 Å². The van der Waals surface area contributed by atoms with Crippen LogP contribution in [-0.4, -0.2) is 29.2 Å². The van der Waals surface area contributed by atoms with Gasteiger partial charge in [-0.1, -0.05) is 11.6 Å². The molecule has 0 aliphatic carbocycles. The summed E-state index contributed by atoms with van der Waals surface area (Å²) in [5.74, 6) is 0.634. The fourth-order valence-corrected chi connectivity index (χ4v) is 3.62. The molecule has 1 aliphatic heterocycles. The topological polar surface area (TPSA) is 71.3 Å². The van der Waals surface area contributed by atoms with Gasteiger partial charge in [0.2, 0.25) is 5.91 Å². The maximum Gasteiger partial charge on any atom is 0.416 e. The summed E-state index contributed by atoms with van der Waals surface area (Å²) >= 11 is 5.97. The number of hydrogen-bond donors (Lipinski definition) is 1. The molecule has 6 nitrogen and oxygen atoms in total. The van der Waals surface area contributed by atoms with Gasteiger partial charge >= 0.3 is 6.18 Å². The first-order chi connectivity index (χ1) is 14.8. The number of alkyl halides is 3. The van der Waals surface area contributed by atoms with Crippen LogP contribution in [0.5, 0.6) is 0 Å². The highest BCUT2D eigenvalue weighted by Crippen LogP contribution is 2.34. The zero-order valence-corrected chi connectivity index (χ0v) is 17.0. The molecule has 31 heavy (non-hydrogen) atoms. The minimum atomic E-state index is -4.51. The SMILES string of the molecule is O=C(Nc1cc(C(F)(F)F)ccc1Cl)C1CCN(c2ccc(-c3ccco3)nn2)CC1. The van der Waals surface area contributed by atoms with Crippen molar-refractivity contribution in [3.63, 3.8) is 0 Å². The summed E-state index contributed by atoms with van der Waals surface area (Å²) in [6.45, 7) is 1.15. The van der Waals surface area contributed by atoms with Crippen LogP contribution in [0.15, 0.2) is 53.1 Å². The largest absolute Gasteiger partial charge is 0.463 e. The Morgan fingerprint density at radius 1 is 1.13 bits per heavy atom. The molecule has 2 aromatic heterocycles. The van der Waals surface area contributed by atoms with Crippen LogP contribution in [0.25, 0.3) is 11.5 Å². The summed E-state index contributed by atoms with van der Waals surface area (Å²) < 4.78 is 44.1. The summed E-state index contributed by atoms with van der Waals surface area (Å²) in [7, 11) is 0. The number of anilines is 2. The molecule has 10 heteroatoms. The van der Waals surface area contributed by atoms with Gasteiger partial charge in [0.1, 0.15) is 5.69 Å². The number of halogens is 4. The van der Waals surface area contributed by atoms with E-state index in [2.05, 4.69) is 15.5 Å². The number of amides is 1. The highest BCUT2D eigenvalue weighted by atomic mass is 35.5. The van der Waals surface area contributed by atoms with E-state index in [9.17, 15) is 18.0 Å². The lowest BCUT2D eigenvalue weighted by Gasteiger charge is -2.31. The second kappa shape index (κ2) is 8.58. The second-order valence-corrected chi connectivity index (χ2v) is 7.60. The molecule has 1 N–H and O–H groups in total. The van der Waals surface area contributed by atoms with E-state index in [4.69, 9.17) is 16.0 Å². The van der Waals surface area contributed by atoms with Crippen LogP contribution in [0, 0.1) is 5.92 Å². The van der Waals surface area contributed by atoms with Gasteiger partial charge in [0.15, 0.2) is 11.6 Å². The molecule has 0 saturated carbocycles. The number of nitrogens with one attached hydrogen (secondary N) is 1. The fraction of sp³-hybridized carbons (Fsp3) is 0.286. The van der Waals surface area contributed by atoms with Crippen LogP contribution in [0.3, 0.4) is 0 Å². The lowest BCUT2D eigenvalue weighted by atomic mass is 9.95. The Hall–Kier alpha value is -3.07. The van der Waals surface area contributed by atoms with Gasteiger partial charge in [-0.3, -0.25) is 4.79 Å². The maximum atomic E-state index is 12.9. The zero-order valence-electron chi connectivity index (χ0n) is 16.2. The van der Waals surface area contributed by atoms with Crippen molar-refractivity contribution in [3.05, 3.63) is 59.3 Å². The van der Waals surface area contributed by atoms with Crippen molar-refractivity contribution < 1.29 is 22.4 Å². The Balaban J connectivity index is 1.36. The van der Waals surface area contributed by atoms with Crippen LogP contribution in [0.4, 0.5) is 24.7 Å². The highest BCUT2D eigenvalue weighted by Gasteiger charge is 2.32. The summed E-state index contributed by atoms with van der Waals surface area (Å²) in [4.78, 5) is 14.6. The molecule has 4 rings (SSSR count). The standard InChI is InChI=1S/C21H18ClF3N4O2/c22-15-4-3-14(21(23,24)25)12-17(15)26-20(30)13-7-9-29(10-8-13)19-6-5-16(27-28-19)18-2-1-11-31-18/h1-6,11-13H,7-10H2,(H,26,30). The Labute approximate surface area is 181 Å². The molecule has 1 fully saturated rings. The third-order valence-corrected chi connectivity index (χ3v) is 5.49. The van der Waals surface area contributed by atoms with Gasteiger partial charge in [-0.25, -0.2) is 0 Å². The minimum Gasteiger partial charge on any atom is -0.463 e. The smallest absolute Gasteiger partial charge is 0.416 e. The van der Waals surface area contributed by atoms with E-state index in [0.29, 0.717) is 43.2 Å². The minimum absolute atomic E-state index is 0.0386. The van der Waals surface area contributed by atoms with E-state index in [1.165, 1.54) is 0 Å². The van der Waals surface area contributed by atoms with Crippen molar-refractivity contribution in [1.82, 2.24) is 10.2 Å². The number of piperidine rings is 1. The fourth-order valence-electron chi connectivity index (χ4n) is 3.45. The number of furan rings is 1. The summed E-state index contributed by atoms with van der Waals surface area (Å²) in [6.07, 6.45) is -1.88. The van der Waals surface area contributed by atoms with Gasteiger partial charge in [0.25, 0.3) is 0 Å². The molecule has 1 saturated heterocycles. The van der Waals surface area contributed by atoms with Crippen LogP contribution >= 0.6 is 11.6 Å². The van der Waals surface area contributed by atoms with Crippen LogP contribution in [0.1, 0.15) is 18.4 Å². The number of nitrogens with zero attached hydrogens (tertiary/aromatic N) is 3. The molecule has 0 spiro atoms. The molecule has 0 bridgehead atoms. The molecule has 1 aromatic carbocycles. The Morgan fingerprint density at radius 3 is 2.52 bits per heavy atom. The van der Waals surface area contributed by atoms with Gasteiger partial charge in [0.05, 0.1) is 22.5 Å². The normalized spacial score (nSPS) is 15.2. The second-order valence-electron chi connectivity index (χ2n) is 7.20. The van der Waals surface area contributed by atoms with E-state index in [1.54, 1.807) is 18.4 Å². The van der Waals surface area contributed by atoms with Crippen LogP contribution < -0.4 is 10.2 Å². The molecule has 0 radical (unpaired) electrons. The zero-order chi connectivity index (χ0) is 22.0. The van der Waals surface area contributed by atoms with Crippen LogP contribution in [0.2, 0.25) is 5.02 Å². The van der Waals surface area contributed by atoms with Crippen molar-refractivity contribution in [2.24, 2.45) is 5.92 Å². The first-order valence-corrected chi connectivity index (χ1v) is 9.99. The predicted octanol–water partition coefficient (Wildman–Crippen LogP) is 5.26. The lowest BCUT2D eigenvalue weighted by molar-refractivity contribution is -0.137. The average Bonchev–Trinajstić information content (AvgIpc) is 3.30. The first kappa shape index (κ1) is 21.2. The Kier molecular flexibility index (Phi) is 5.86. The quantitative estimate of drug-likeness (QED) is 0.586. The number of hydrogen-bond acceptors (Lipinski definition) is 5. The first-order valence-electron chi connectivity index (χ1n) is 9.61. The highest BCUT2D eigenvalue weighted by molar-refractivity contribution is 6.33. The third-order valence-electron chi connectivity index (χ3n) is 5.17. The number of carbonyl (C=O) groups excluding carboxylic acids is 1. The number of benzene rings is 1. The van der Waals surface area contributed by atoms with Gasteiger partial charge < -0.3 is 14.6 Å². The molecule has 0 atom stereocenters. The Bertz CT molecular complexity index is 1050. The van der Waals surface area contributed by atoms with Crippen molar-refractivity contribution >= 4 is 29.0 Å². The molecule has 3 heterocycles. The van der Waals surface area contributed by atoms with E-state index >= 15 is 0 Å². The van der Waals surface area contributed by atoms with E-state index in [0.717, 1.165) is 18.2 Å². The average molecular weight is 451 g/mol. The number of aromatic nitrogens is 2. The summed E-state index contributed by atoms with van der Waals surface area (Å²) in [5.41, 5.74) is -0.275. The maximum absolute atomic E-state index is 12.9. The summed E-state index contributed by atoms with van der Waals surface area (Å²) in [5, 5.41) is 11.0. The molecular formula is C21H18ClF3N4O2. The third kappa shape index (κ3) is 4.82.